The van der Waals surface area contributed by atoms with Gasteiger partial charge in [-0.05, 0) is 67.3 Å². The highest BCUT2D eigenvalue weighted by atomic mass is 19.4. The lowest BCUT2D eigenvalue weighted by Gasteiger charge is -2.43. The fourth-order valence-corrected chi connectivity index (χ4v) is 4.76. The summed E-state index contributed by atoms with van der Waals surface area (Å²) in [5, 5.41) is 9.63. The van der Waals surface area contributed by atoms with Crippen LogP contribution in [-0.4, -0.2) is 48.6 Å². The zero-order valence-electron chi connectivity index (χ0n) is 22.0. The second-order valence-corrected chi connectivity index (χ2v) is 9.27. The van der Waals surface area contributed by atoms with Crippen molar-refractivity contribution in [1.29, 1.82) is 0 Å². The maximum absolute atomic E-state index is 13.7. The first kappa shape index (κ1) is 32.8. The Bertz CT molecular complexity index is 1260. The molecule has 1 aliphatic rings. The molecule has 232 valence electrons. The molecule has 2 aromatic rings. The number of halogens is 9. The first-order valence-corrected chi connectivity index (χ1v) is 12.3. The minimum absolute atomic E-state index is 0.105. The molecule has 0 aliphatic carbocycles. The van der Waals surface area contributed by atoms with Crippen LogP contribution in [0.1, 0.15) is 53.6 Å². The molecule has 2 atom stereocenters. The fourth-order valence-electron chi connectivity index (χ4n) is 4.76. The number of amides is 2. The predicted octanol–water partition coefficient (Wildman–Crippen LogP) is 7.17. The first-order chi connectivity index (χ1) is 19.4. The number of rotatable bonds is 6. The zero-order chi connectivity index (χ0) is 31.6. The third kappa shape index (κ3) is 7.20. The highest BCUT2D eigenvalue weighted by molar-refractivity contribution is 5.90. The van der Waals surface area contributed by atoms with Gasteiger partial charge in [0.2, 0.25) is 0 Å². The van der Waals surface area contributed by atoms with E-state index in [1.807, 2.05) is 0 Å². The van der Waals surface area contributed by atoms with Crippen molar-refractivity contribution in [2.45, 2.75) is 56.9 Å². The molecule has 1 aliphatic heterocycles. The monoisotopic (exact) mass is 616 g/mol. The summed E-state index contributed by atoms with van der Waals surface area (Å²) in [4.78, 5) is 27.4. The lowest BCUT2D eigenvalue weighted by Crippen LogP contribution is -2.49. The quantitative estimate of drug-likeness (QED) is 0.348. The molecule has 1 N–H and O–H groups in total. The topological polar surface area (TPSA) is 79.3 Å². The number of anilines is 1. The van der Waals surface area contributed by atoms with E-state index in [4.69, 9.17) is 9.47 Å². The van der Waals surface area contributed by atoms with Crippen molar-refractivity contribution < 1.29 is 63.7 Å². The van der Waals surface area contributed by atoms with Crippen LogP contribution in [0, 0.1) is 0 Å². The van der Waals surface area contributed by atoms with Crippen molar-refractivity contribution in [1.82, 2.24) is 4.90 Å². The molecule has 42 heavy (non-hydrogen) atoms. The second kappa shape index (κ2) is 12.3. The average molecular weight is 616 g/mol. The van der Waals surface area contributed by atoms with Crippen molar-refractivity contribution in [2.75, 3.05) is 25.2 Å². The summed E-state index contributed by atoms with van der Waals surface area (Å²) < 4.78 is 132. The number of fused-ring (bicyclic) bond motifs is 1. The summed E-state index contributed by atoms with van der Waals surface area (Å²) in [5.74, 6) is 0. The van der Waals surface area contributed by atoms with E-state index in [2.05, 4.69) is 0 Å². The lowest BCUT2D eigenvalue weighted by molar-refractivity contribution is -0.143. The molecular weight excluding hydrogens is 591 g/mol. The maximum Gasteiger partial charge on any atom is 0.416 e. The molecular formula is C26H25F9N2O5. The van der Waals surface area contributed by atoms with E-state index >= 15 is 0 Å². The van der Waals surface area contributed by atoms with Gasteiger partial charge in [-0.3, -0.25) is 9.80 Å². The minimum atomic E-state index is -5.20. The number of nitrogens with zero attached hydrogens (tertiary/aromatic N) is 2. The Morgan fingerprint density at radius 1 is 0.929 bits per heavy atom. The lowest BCUT2D eigenvalue weighted by atomic mass is 9.87. The summed E-state index contributed by atoms with van der Waals surface area (Å²) in [5.41, 5.74) is -5.61. The van der Waals surface area contributed by atoms with Gasteiger partial charge >= 0.3 is 30.7 Å². The summed E-state index contributed by atoms with van der Waals surface area (Å²) in [7, 11) is 0.870. The molecule has 0 spiro atoms. The number of carbonyl (C=O) groups is 2. The van der Waals surface area contributed by atoms with Crippen molar-refractivity contribution in [3.05, 3.63) is 64.2 Å². The molecule has 16 heteroatoms. The molecule has 0 saturated heterocycles. The summed E-state index contributed by atoms with van der Waals surface area (Å²) in [6.45, 7) is -0.107. The highest BCUT2D eigenvalue weighted by Crippen LogP contribution is 2.45. The normalized spacial score (nSPS) is 17.5. The van der Waals surface area contributed by atoms with E-state index in [0.29, 0.717) is 29.2 Å². The molecule has 0 unspecified atom stereocenters. The SMILES string of the molecule is CCOC(=O)N1c2ccc(C(F)(F)F)cc2[C@@H](N(Cc2cc(C(F)(F)F)cc(C(F)(F)F)c2)C(=O)OC)C[C@H]1CCO. The van der Waals surface area contributed by atoms with E-state index in [1.165, 1.54) is 6.92 Å². The average Bonchev–Trinajstić information content (AvgIpc) is 2.89. The van der Waals surface area contributed by atoms with Gasteiger partial charge in [0.05, 0.1) is 42.1 Å². The van der Waals surface area contributed by atoms with Gasteiger partial charge in [0.15, 0.2) is 0 Å². The van der Waals surface area contributed by atoms with Crippen molar-refractivity contribution in [3.63, 3.8) is 0 Å². The maximum atomic E-state index is 13.7. The Hall–Kier alpha value is -3.69. The number of ether oxygens (including phenoxy) is 2. The molecule has 2 amide bonds. The number of hydrogen-bond donors (Lipinski definition) is 1. The number of alkyl halides is 9. The number of methoxy groups -OCH3 is 1. The number of aliphatic hydroxyl groups is 1. The summed E-state index contributed by atoms with van der Waals surface area (Å²) >= 11 is 0. The Morgan fingerprint density at radius 3 is 1.98 bits per heavy atom. The second-order valence-electron chi connectivity index (χ2n) is 9.27. The van der Waals surface area contributed by atoms with Gasteiger partial charge in [-0.1, -0.05) is 0 Å². The van der Waals surface area contributed by atoms with Crippen molar-refractivity contribution in [2.24, 2.45) is 0 Å². The van der Waals surface area contributed by atoms with E-state index in [1.54, 1.807) is 0 Å². The van der Waals surface area contributed by atoms with Crippen LogP contribution < -0.4 is 4.90 Å². The molecule has 1 heterocycles. The molecule has 0 aromatic heterocycles. The third-order valence-electron chi connectivity index (χ3n) is 6.55. The smallest absolute Gasteiger partial charge is 0.416 e. The van der Waals surface area contributed by atoms with Gasteiger partial charge in [-0.25, -0.2) is 9.59 Å². The standard InChI is InChI=1S/C26H25F9N2O5/c1-3-42-23(40)37-18(6-7-38)12-21(19-11-15(24(27,28)29)4-5-20(19)37)36(22(39)41-2)13-14-8-16(25(30,31)32)10-17(9-14)26(33,34)35/h4-5,8-11,18,21,38H,3,6-7,12-13H2,1-2H3/t18-,21+/m1/s1. The summed E-state index contributed by atoms with van der Waals surface area (Å²) in [6.07, 6.45) is -18.1. The molecule has 0 bridgehead atoms. The summed E-state index contributed by atoms with van der Waals surface area (Å²) in [6, 6.07) is 0.454. The highest BCUT2D eigenvalue weighted by Gasteiger charge is 2.43. The molecule has 7 nitrogen and oxygen atoms in total. The number of aliphatic hydroxyl groups excluding tert-OH is 1. The van der Waals surface area contributed by atoms with Crippen LogP contribution in [0.2, 0.25) is 0 Å². The van der Waals surface area contributed by atoms with E-state index in [9.17, 15) is 54.2 Å². The zero-order valence-corrected chi connectivity index (χ0v) is 22.0. The van der Waals surface area contributed by atoms with E-state index in [0.717, 1.165) is 18.1 Å². The van der Waals surface area contributed by atoms with Gasteiger partial charge in [0.25, 0.3) is 0 Å². The van der Waals surface area contributed by atoms with Crippen LogP contribution in [0.15, 0.2) is 36.4 Å². The number of hydrogen-bond acceptors (Lipinski definition) is 5. The largest absolute Gasteiger partial charge is 0.453 e. The number of benzene rings is 2. The van der Waals surface area contributed by atoms with Crippen LogP contribution >= 0.6 is 0 Å². The molecule has 0 fully saturated rings. The van der Waals surface area contributed by atoms with Crippen LogP contribution in [0.25, 0.3) is 0 Å². The first-order valence-electron chi connectivity index (χ1n) is 12.3. The Balaban J connectivity index is 2.24. The number of carbonyl (C=O) groups excluding carboxylic acids is 2. The minimum Gasteiger partial charge on any atom is -0.453 e. The predicted molar refractivity (Wildman–Crippen MR) is 128 cm³/mol. The molecule has 3 rings (SSSR count). The van der Waals surface area contributed by atoms with E-state index < -0.39 is 78.2 Å². The van der Waals surface area contributed by atoms with Gasteiger partial charge in [0, 0.05) is 19.2 Å². The van der Waals surface area contributed by atoms with Crippen LogP contribution in [0.4, 0.5) is 54.8 Å². The van der Waals surface area contributed by atoms with Crippen LogP contribution in [0.5, 0.6) is 0 Å². The third-order valence-corrected chi connectivity index (χ3v) is 6.55. The van der Waals surface area contributed by atoms with Gasteiger partial charge in [-0.15, -0.1) is 0 Å². The van der Waals surface area contributed by atoms with Gasteiger partial charge in [0.1, 0.15) is 0 Å². The van der Waals surface area contributed by atoms with Crippen LogP contribution in [0.3, 0.4) is 0 Å². The van der Waals surface area contributed by atoms with E-state index in [-0.39, 0.29) is 36.8 Å². The van der Waals surface area contributed by atoms with Crippen molar-refractivity contribution in [3.8, 4) is 0 Å². The van der Waals surface area contributed by atoms with Crippen LogP contribution in [-0.2, 0) is 34.5 Å². The Morgan fingerprint density at radius 2 is 1.50 bits per heavy atom. The molecule has 2 aromatic carbocycles. The van der Waals surface area contributed by atoms with Crippen molar-refractivity contribution >= 4 is 17.9 Å². The molecule has 0 radical (unpaired) electrons. The Labute approximate surface area is 233 Å². The van der Waals surface area contributed by atoms with Gasteiger partial charge < -0.3 is 14.6 Å². The molecule has 0 saturated carbocycles. The fraction of sp³-hybridized carbons (Fsp3) is 0.462. The van der Waals surface area contributed by atoms with Gasteiger partial charge in [-0.2, -0.15) is 39.5 Å². The Kier molecular flexibility index (Phi) is 9.59.